The van der Waals surface area contributed by atoms with Gasteiger partial charge >= 0.3 is 5.97 Å². The van der Waals surface area contributed by atoms with Gasteiger partial charge in [0.15, 0.2) is 5.69 Å². The first-order chi connectivity index (χ1) is 9.49. The summed E-state index contributed by atoms with van der Waals surface area (Å²) in [4.78, 5) is 22.9. The third-order valence-electron chi connectivity index (χ3n) is 3.28. The van der Waals surface area contributed by atoms with Crippen LogP contribution in [0, 0.1) is 5.92 Å². The van der Waals surface area contributed by atoms with Gasteiger partial charge in [0.1, 0.15) is 6.54 Å². The Morgan fingerprint density at radius 1 is 1.45 bits per heavy atom. The Morgan fingerprint density at radius 3 is 2.70 bits per heavy atom. The van der Waals surface area contributed by atoms with Crippen LogP contribution < -0.4 is 5.32 Å². The van der Waals surface area contributed by atoms with Crippen molar-refractivity contribution in [3.63, 3.8) is 0 Å². The van der Waals surface area contributed by atoms with E-state index < -0.39 is 5.97 Å². The van der Waals surface area contributed by atoms with E-state index in [-0.39, 0.29) is 24.1 Å². The van der Waals surface area contributed by atoms with Crippen LogP contribution >= 0.6 is 0 Å². The number of carboxylic acid groups (broad SMARTS) is 1. The van der Waals surface area contributed by atoms with Gasteiger partial charge in [-0.25, -0.2) is 9.48 Å². The lowest BCUT2D eigenvalue weighted by atomic mass is 10.1. The molecule has 0 aromatic carbocycles. The van der Waals surface area contributed by atoms with Gasteiger partial charge in [0.2, 0.25) is 5.91 Å². The molecule has 2 N–H and O–H groups in total. The summed E-state index contributed by atoms with van der Waals surface area (Å²) in [5, 5.41) is 19.4. The van der Waals surface area contributed by atoms with Crippen molar-refractivity contribution < 1.29 is 14.7 Å². The van der Waals surface area contributed by atoms with E-state index in [0.717, 1.165) is 19.3 Å². The highest BCUT2D eigenvalue weighted by molar-refractivity contribution is 5.87. The number of hydrogen-bond acceptors (Lipinski definition) is 4. The lowest BCUT2D eigenvalue weighted by Gasteiger charge is -2.08. The summed E-state index contributed by atoms with van der Waals surface area (Å²) in [5.41, 5.74) is 0.555. The minimum absolute atomic E-state index is 0.0255. The number of amides is 1. The number of carbonyl (C=O) groups excluding carboxylic acids is 1. The number of carbonyl (C=O) groups is 2. The average molecular weight is 280 g/mol. The van der Waals surface area contributed by atoms with Crippen LogP contribution in [0.2, 0.25) is 0 Å². The summed E-state index contributed by atoms with van der Waals surface area (Å²) in [6.45, 7) is 4.84. The lowest BCUT2D eigenvalue weighted by molar-refractivity contribution is -0.121. The van der Waals surface area contributed by atoms with E-state index in [1.54, 1.807) is 0 Å². The first-order valence-electron chi connectivity index (χ1n) is 6.92. The van der Waals surface area contributed by atoms with Gasteiger partial charge < -0.3 is 10.4 Å². The lowest BCUT2D eigenvalue weighted by Crippen LogP contribution is -2.30. The monoisotopic (exact) mass is 280 g/mol. The quantitative estimate of drug-likeness (QED) is 0.777. The smallest absolute Gasteiger partial charge is 0.358 e. The molecule has 7 nitrogen and oxygen atoms in total. The topological polar surface area (TPSA) is 97.1 Å². The van der Waals surface area contributed by atoms with Crippen molar-refractivity contribution in [1.29, 1.82) is 0 Å². The van der Waals surface area contributed by atoms with Gasteiger partial charge in [-0.15, -0.1) is 5.10 Å². The maximum atomic E-state index is 11.8. The van der Waals surface area contributed by atoms with Gasteiger partial charge in [0.25, 0.3) is 0 Å². The zero-order valence-corrected chi connectivity index (χ0v) is 11.8. The number of carboxylic acids is 1. The number of aromatic carboxylic acids is 1. The van der Waals surface area contributed by atoms with Gasteiger partial charge in [0.05, 0.1) is 5.69 Å². The van der Waals surface area contributed by atoms with Gasteiger partial charge in [-0.3, -0.25) is 4.79 Å². The minimum Gasteiger partial charge on any atom is -0.476 e. The molecule has 110 valence electrons. The molecule has 1 aromatic rings. The van der Waals surface area contributed by atoms with E-state index in [1.165, 1.54) is 4.68 Å². The normalized spacial score (nSPS) is 14.6. The molecule has 20 heavy (non-hydrogen) atoms. The van der Waals surface area contributed by atoms with E-state index in [9.17, 15) is 9.59 Å². The highest BCUT2D eigenvalue weighted by Crippen LogP contribution is 2.41. The van der Waals surface area contributed by atoms with Crippen LogP contribution in [0.3, 0.4) is 0 Å². The van der Waals surface area contributed by atoms with Crippen molar-refractivity contribution in [3.8, 4) is 0 Å². The van der Waals surface area contributed by atoms with E-state index in [4.69, 9.17) is 5.11 Å². The minimum atomic E-state index is -1.08. The summed E-state index contributed by atoms with van der Waals surface area (Å²) in [6.07, 6.45) is 2.78. The zero-order chi connectivity index (χ0) is 14.7. The molecule has 1 heterocycles. The predicted molar refractivity (Wildman–Crippen MR) is 71.4 cm³/mol. The predicted octanol–water partition coefficient (Wildman–Crippen LogP) is 1.02. The molecule has 1 aliphatic carbocycles. The molecule has 1 saturated carbocycles. The molecule has 1 aromatic heterocycles. The fourth-order valence-electron chi connectivity index (χ4n) is 2.04. The number of hydrogen-bond donors (Lipinski definition) is 2. The Bertz CT molecular complexity index is 506. The van der Waals surface area contributed by atoms with Crippen molar-refractivity contribution in [1.82, 2.24) is 20.3 Å². The summed E-state index contributed by atoms with van der Waals surface area (Å²) >= 11 is 0. The molecule has 0 radical (unpaired) electrons. The van der Waals surface area contributed by atoms with Gasteiger partial charge in [0, 0.05) is 12.5 Å². The standard InChI is InChI=1S/C13H20N4O3/c1-8(2)5-6-14-10(18)7-17-12(9-3-4-9)11(13(19)20)15-16-17/h8-9H,3-7H2,1-2H3,(H,14,18)(H,19,20). The molecular formula is C13H20N4O3. The summed E-state index contributed by atoms with van der Waals surface area (Å²) in [6, 6.07) is 0. The number of rotatable bonds is 7. The fourth-order valence-corrected chi connectivity index (χ4v) is 2.04. The first kappa shape index (κ1) is 14.5. The molecular weight excluding hydrogens is 260 g/mol. The SMILES string of the molecule is CC(C)CCNC(=O)Cn1nnc(C(=O)O)c1C1CC1. The Morgan fingerprint density at radius 2 is 2.15 bits per heavy atom. The number of nitrogens with one attached hydrogen (secondary N) is 1. The third-order valence-corrected chi connectivity index (χ3v) is 3.28. The van der Waals surface area contributed by atoms with E-state index in [1.807, 2.05) is 0 Å². The van der Waals surface area contributed by atoms with Crippen LogP contribution in [0.5, 0.6) is 0 Å². The molecule has 0 bridgehead atoms. The molecule has 2 rings (SSSR count). The van der Waals surface area contributed by atoms with E-state index in [0.29, 0.717) is 18.2 Å². The highest BCUT2D eigenvalue weighted by Gasteiger charge is 2.34. The molecule has 7 heteroatoms. The number of nitrogens with zero attached hydrogens (tertiary/aromatic N) is 3. The fraction of sp³-hybridized carbons (Fsp3) is 0.692. The van der Waals surface area contributed by atoms with Crippen molar-refractivity contribution in [2.45, 2.75) is 45.6 Å². The maximum Gasteiger partial charge on any atom is 0.358 e. The maximum absolute atomic E-state index is 11.8. The second-order valence-corrected chi connectivity index (χ2v) is 5.59. The van der Waals surface area contributed by atoms with Gasteiger partial charge in [-0.05, 0) is 25.2 Å². The molecule has 1 amide bonds. The zero-order valence-electron chi connectivity index (χ0n) is 11.8. The summed E-state index contributed by atoms with van der Waals surface area (Å²) in [7, 11) is 0. The molecule has 0 spiro atoms. The van der Waals surface area contributed by atoms with Crippen LogP contribution in [0.4, 0.5) is 0 Å². The molecule has 1 fully saturated rings. The van der Waals surface area contributed by atoms with Crippen molar-refractivity contribution >= 4 is 11.9 Å². The summed E-state index contributed by atoms with van der Waals surface area (Å²) < 4.78 is 1.42. The van der Waals surface area contributed by atoms with Crippen molar-refractivity contribution in [3.05, 3.63) is 11.4 Å². The van der Waals surface area contributed by atoms with Crippen molar-refractivity contribution in [2.75, 3.05) is 6.54 Å². The molecule has 0 saturated heterocycles. The van der Waals surface area contributed by atoms with Gasteiger partial charge in [-0.1, -0.05) is 19.1 Å². The third kappa shape index (κ3) is 3.55. The van der Waals surface area contributed by atoms with Crippen LogP contribution in [0.15, 0.2) is 0 Å². The van der Waals surface area contributed by atoms with Crippen molar-refractivity contribution in [2.24, 2.45) is 5.92 Å². The average Bonchev–Trinajstić information content (AvgIpc) is 3.10. The van der Waals surface area contributed by atoms with Crippen LogP contribution in [0.25, 0.3) is 0 Å². The second-order valence-electron chi connectivity index (χ2n) is 5.59. The largest absolute Gasteiger partial charge is 0.476 e. The van der Waals surface area contributed by atoms with E-state index in [2.05, 4.69) is 29.5 Å². The molecule has 0 atom stereocenters. The van der Waals surface area contributed by atoms with E-state index >= 15 is 0 Å². The summed E-state index contributed by atoms with van der Waals surface area (Å²) in [5.74, 6) is -0.533. The molecule has 1 aliphatic rings. The number of aromatic nitrogens is 3. The Balaban J connectivity index is 1.98. The first-order valence-corrected chi connectivity index (χ1v) is 6.92. The van der Waals surface area contributed by atoms with Crippen LogP contribution in [-0.4, -0.2) is 38.5 Å². The van der Waals surface area contributed by atoms with Crippen LogP contribution in [-0.2, 0) is 11.3 Å². The molecule has 0 aliphatic heterocycles. The Labute approximate surface area is 117 Å². The van der Waals surface area contributed by atoms with Gasteiger partial charge in [-0.2, -0.15) is 0 Å². The second kappa shape index (κ2) is 6.02. The Kier molecular flexibility index (Phi) is 4.36. The molecule has 0 unspecified atom stereocenters. The highest BCUT2D eigenvalue weighted by atomic mass is 16.4. The Hall–Kier alpha value is -1.92. The van der Waals surface area contributed by atoms with Crippen LogP contribution in [0.1, 0.15) is 55.2 Å².